The maximum absolute atomic E-state index is 10.7. The molecule has 88 valence electrons. The molecule has 6 heteroatoms. The molecule has 0 spiro atoms. The number of alkyl halides is 1. The van der Waals surface area contributed by atoms with Crippen molar-refractivity contribution in [3.63, 3.8) is 0 Å². The van der Waals surface area contributed by atoms with Crippen molar-refractivity contribution >= 4 is 27.6 Å². The Kier molecular flexibility index (Phi) is 4.28. The highest BCUT2D eigenvalue weighted by molar-refractivity contribution is 9.09. The zero-order valence-electron chi connectivity index (χ0n) is 8.30. The molecule has 5 nitrogen and oxygen atoms in total. The Morgan fingerprint density at radius 1 is 1.44 bits per heavy atom. The van der Waals surface area contributed by atoms with Gasteiger partial charge in [0.05, 0.1) is 11.7 Å². The number of anilines is 1. The van der Waals surface area contributed by atoms with E-state index in [9.17, 15) is 15.0 Å². The van der Waals surface area contributed by atoms with Crippen LogP contribution < -0.4 is 5.73 Å². The van der Waals surface area contributed by atoms with E-state index in [1.807, 2.05) is 0 Å². The second-order valence-corrected chi connectivity index (χ2v) is 3.96. The molecule has 0 aliphatic heterocycles. The van der Waals surface area contributed by atoms with E-state index < -0.39 is 18.2 Å². The summed E-state index contributed by atoms with van der Waals surface area (Å²) in [4.78, 5) is 10.7. The molecule has 2 atom stereocenters. The van der Waals surface area contributed by atoms with Gasteiger partial charge < -0.3 is 21.1 Å². The highest BCUT2D eigenvalue weighted by Crippen LogP contribution is 2.25. The number of carboxylic acids is 1. The van der Waals surface area contributed by atoms with Crippen LogP contribution in [0.25, 0.3) is 0 Å². The number of nitrogen functional groups attached to an aromatic ring is 1. The summed E-state index contributed by atoms with van der Waals surface area (Å²) >= 11 is 3.02. The molecule has 0 aliphatic rings. The van der Waals surface area contributed by atoms with Crippen LogP contribution in [0, 0.1) is 0 Å². The van der Waals surface area contributed by atoms with Crippen LogP contribution in [-0.2, 0) is 0 Å². The second kappa shape index (κ2) is 5.29. The number of aromatic carboxylic acids is 1. The fourth-order valence-corrected chi connectivity index (χ4v) is 1.61. The summed E-state index contributed by atoms with van der Waals surface area (Å²) in [5.74, 6) is -1.11. The van der Waals surface area contributed by atoms with Crippen molar-refractivity contribution < 1.29 is 20.1 Å². The van der Waals surface area contributed by atoms with Crippen LogP contribution in [0.1, 0.15) is 22.0 Å². The molecule has 0 heterocycles. The summed E-state index contributed by atoms with van der Waals surface area (Å²) in [6, 6.07) is 3.99. The van der Waals surface area contributed by atoms with Gasteiger partial charge in [0.1, 0.15) is 6.10 Å². The molecule has 16 heavy (non-hydrogen) atoms. The Bertz CT molecular complexity index is 396. The van der Waals surface area contributed by atoms with Gasteiger partial charge in [-0.2, -0.15) is 0 Å². The van der Waals surface area contributed by atoms with Gasteiger partial charge in [0, 0.05) is 16.6 Å². The molecule has 1 aromatic rings. The maximum atomic E-state index is 10.7. The summed E-state index contributed by atoms with van der Waals surface area (Å²) in [6.45, 7) is 0. The van der Waals surface area contributed by atoms with E-state index in [0.29, 0.717) is 0 Å². The van der Waals surface area contributed by atoms with E-state index in [2.05, 4.69) is 15.9 Å². The van der Waals surface area contributed by atoms with E-state index in [-0.39, 0.29) is 22.1 Å². The average molecular weight is 290 g/mol. The normalized spacial score (nSPS) is 14.4. The van der Waals surface area contributed by atoms with Gasteiger partial charge >= 0.3 is 5.97 Å². The zero-order chi connectivity index (χ0) is 12.3. The molecule has 0 amide bonds. The molecule has 0 bridgehead atoms. The average Bonchev–Trinajstić information content (AvgIpc) is 2.27. The molecular formula is C10H12BrNO4. The summed E-state index contributed by atoms with van der Waals surface area (Å²) < 4.78 is 0. The predicted octanol–water partition coefficient (Wildman–Crippen LogP) is 0.756. The van der Waals surface area contributed by atoms with Crippen LogP contribution in [-0.4, -0.2) is 32.7 Å². The lowest BCUT2D eigenvalue weighted by Crippen LogP contribution is -2.21. The highest BCUT2D eigenvalue weighted by atomic mass is 79.9. The van der Waals surface area contributed by atoms with Gasteiger partial charge in [-0.25, -0.2) is 4.79 Å². The SMILES string of the molecule is Nc1ccc(C(=O)O)cc1C(O)C(O)CBr. The fourth-order valence-electron chi connectivity index (χ4n) is 1.26. The third-order valence-corrected chi connectivity index (χ3v) is 2.84. The molecule has 2 unspecified atom stereocenters. The number of benzene rings is 1. The van der Waals surface area contributed by atoms with E-state index in [1.54, 1.807) is 0 Å². The standard InChI is InChI=1S/C10H12BrNO4/c11-4-8(13)9(14)6-3-5(10(15)16)1-2-7(6)12/h1-3,8-9,13-14H,4,12H2,(H,15,16). The van der Waals surface area contributed by atoms with E-state index >= 15 is 0 Å². The monoisotopic (exact) mass is 289 g/mol. The van der Waals surface area contributed by atoms with Crippen molar-refractivity contribution in [2.75, 3.05) is 11.1 Å². The largest absolute Gasteiger partial charge is 0.478 e. The van der Waals surface area contributed by atoms with Crippen LogP contribution in [0.2, 0.25) is 0 Å². The molecule has 5 N–H and O–H groups in total. The quantitative estimate of drug-likeness (QED) is 0.484. The Morgan fingerprint density at radius 3 is 2.56 bits per heavy atom. The van der Waals surface area contributed by atoms with Gasteiger partial charge in [0.2, 0.25) is 0 Å². The number of halogens is 1. The lowest BCUT2D eigenvalue weighted by Gasteiger charge is -2.18. The number of carbonyl (C=O) groups is 1. The van der Waals surface area contributed by atoms with E-state index in [4.69, 9.17) is 10.8 Å². The summed E-state index contributed by atoms with van der Waals surface area (Å²) in [5, 5.41) is 28.1. The fraction of sp³-hybridized carbons (Fsp3) is 0.300. The molecule has 0 radical (unpaired) electrons. The highest BCUT2D eigenvalue weighted by Gasteiger charge is 2.20. The van der Waals surface area contributed by atoms with Gasteiger partial charge in [-0.1, -0.05) is 15.9 Å². The van der Waals surface area contributed by atoms with Crippen molar-refractivity contribution in [1.82, 2.24) is 0 Å². The van der Waals surface area contributed by atoms with Crippen molar-refractivity contribution in [2.24, 2.45) is 0 Å². The lowest BCUT2D eigenvalue weighted by atomic mass is 10.0. The number of rotatable bonds is 4. The first-order valence-electron chi connectivity index (χ1n) is 4.52. The summed E-state index contributed by atoms with van der Waals surface area (Å²) in [7, 11) is 0. The first-order valence-corrected chi connectivity index (χ1v) is 5.64. The molecule has 0 aromatic heterocycles. The molecule has 0 saturated heterocycles. The zero-order valence-corrected chi connectivity index (χ0v) is 9.89. The number of hydrogen-bond acceptors (Lipinski definition) is 4. The van der Waals surface area contributed by atoms with Crippen LogP contribution in [0.3, 0.4) is 0 Å². The number of nitrogens with two attached hydrogens (primary N) is 1. The minimum atomic E-state index is -1.21. The number of hydrogen-bond donors (Lipinski definition) is 4. The van der Waals surface area contributed by atoms with Gasteiger partial charge in [0.25, 0.3) is 0 Å². The molecular weight excluding hydrogens is 278 g/mol. The third-order valence-electron chi connectivity index (χ3n) is 2.17. The molecule has 1 rings (SSSR count). The maximum Gasteiger partial charge on any atom is 0.335 e. The van der Waals surface area contributed by atoms with Crippen LogP contribution >= 0.6 is 15.9 Å². The van der Waals surface area contributed by atoms with Gasteiger partial charge in [-0.05, 0) is 18.2 Å². The number of aliphatic hydroxyl groups excluding tert-OH is 2. The molecule has 0 aliphatic carbocycles. The van der Waals surface area contributed by atoms with Crippen molar-refractivity contribution in [1.29, 1.82) is 0 Å². The number of aliphatic hydroxyl groups is 2. The van der Waals surface area contributed by atoms with Crippen molar-refractivity contribution in [2.45, 2.75) is 12.2 Å². The van der Waals surface area contributed by atoms with Gasteiger partial charge in [-0.3, -0.25) is 0 Å². The summed E-state index contributed by atoms with van der Waals surface area (Å²) in [6.07, 6.45) is -2.25. The minimum Gasteiger partial charge on any atom is -0.478 e. The minimum absolute atomic E-state index is 0.0185. The van der Waals surface area contributed by atoms with Gasteiger partial charge in [0.15, 0.2) is 0 Å². The first-order chi connectivity index (χ1) is 7.47. The van der Waals surface area contributed by atoms with Crippen molar-refractivity contribution in [3.8, 4) is 0 Å². The Balaban J connectivity index is 3.11. The van der Waals surface area contributed by atoms with Crippen molar-refractivity contribution in [3.05, 3.63) is 29.3 Å². The van der Waals surface area contributed by atoms with E-state index in [1.165, 1.54) is 18.2 Å². The Labute approximate surface area is 101 Å². The predicted molar refractivity (Wildman–Crippen MR) is 62.6 cm³/mol. The molecule has 0 saturated carbocycles. The Morgan fingerprint density at radius 2 is 2.06 bits per heavy atom. The van der Waals surface area contributed by atoms with E-state index in [0.717, 1.165) is 0 Å². The first kappa shape index (κ1) is 13.0. The smallest absolute Gasteiger partial charge is 0.335 e. The van der Waals surface area contributed by atoms with Crippen LogP contribution in [0.15, 0.2) is 18.2 Å². The molecule has 0 fully saturated rings. The Hall–Kier alpha value is -1.11. The van der Waals surface area contributed by atoms with Crippen LogP contribution in [0.4, 0.5) is 5.69 Å². The molecule has 1 aromatic carbocycles. The summed E-state index contributed by atoms with van der Waals surface area (Å²) in [5.41, 5.74) is 6.08. The third kappa shape index (κ3) is 2.72. The number of carboxylic acid groups (broad SMARTS) is 1. The van der Waals surface area contributed by atoms with Gasteiger partial charge in [-0.15, -0.1) is 0 Å². The topological polar surface area (TPSA) is 104 Å². The van der Waals surface area contributed by atoms with Crippen LogP contribution in [0.5, 0.6) is 0 Å². The lowest BCUT2D eigenvalue weighted by molar-refractivity contribution is 0.0346. The second-order valence-electron chi connectivity index (χ2n) is 3.32.